The van der Waals surface area contributed by atoms with Crippen molar-refractivity contribution in [3.63, 3.8) is 0 Å². The standard InChI is InChI=1S/C25H32F3N6O4PS/c1-6-37-39(35,38-7-2)17(3)18-10-12-20(13-11-18)32-24-31-16-21(25(26,27)28)22(33-24)30-15-19-9-8-14-29-23(19)34(4)40(5)36/h8-14,16-17H,6-7,15H2,1-5H3,(H2,30,31,32,33). The molecule has 3 aromatic rings. The first kappa shape index (κ1) is 31.5. The van der Waals surface area contributed by atoms with Crippen molar-refractivity contribution >= 4 is 41.9 Å². The Morgan fingerprint density at radius 2 is 1.75 bits per heavy atom. The number of alkyl halides is 3. The normalized spacial score (nSPS) is 13.5. The number of nitrogens with zero attached hydrogens (tertiary/aromatic N) is 4. The lowest BCUT2D eigenvalue weighted by molar-refractivity contribution is -0.137. The Hall–Kier alpha value is -3.06. The molecule has 0 aliphatic carbocycles. The molecule has 2 heterocycles. The quantitative estimate of drug-likeness (QED) is 0.218. The Kier molecular flexibility index (Phi) is 10.6. The van der Waals surface area contributed by atoms with E-state index in [0.29, 0.717) is 28.8 Å². The third-order valence-corrected chi connectivity index (χ3v) is 9.26. The Bertz CT molecular complexity index is 1350. The largest absolute Gasteiger partial charge is 0.421 e. The van der Waals surface area contributed by atoms with Gasteiger partial charge in [0.15, 0.2) is 0 Å². The molecule has 0 amide bonds. The van der Waals surface area contributed by atoms with E-state index in [1.807, 2.05) is 0 Å². The highest BCUT2D eigenvalue weighted by Crippen LogP contribution is 2.60. The van der Waals surface area contributed by atoms with E-state index < -0.39 is 41.8 Å². The minimum Gasteiger partial charge on any atom is -0.365 e. The van der Waals surface area contributed by atoms with Crippen LogP contribution >= 0.6 is 7.60 Å². The summed E-state index contributed by atoms with van der Waals surface area (Å²) in [4.78, 5) is 12.1. The molecule has 0 fully saturated rings. The third-order valence-electron chi connectivity index (χ3n) is 5.83. The van der Waals surface area contributed by atoms with Gasteiger partial charge in [-0.25, -0.2) is 14.2 Å². The summed E-state index contributed by atoms with van der Waals surface area (Å²) < 4.78 is 78.5. The lowest BCUT2D eigenvalue weighted by atomic mass is 10.1. The van der Waals surface area contributed by atoms with Crippen LogP contribution in [0.3, 0.4) is 0 Å². The van der Waals surface area contributed by atoms with Crippen molar-refractivity contribution < 1.29 is 31.0 Å². The van der Waals surface area contributed by atoms with Gasteiger partial charge in [-0.1, -0.05) is 18.2 Å². The van der Waals surface area contributed by atoms with Crippen LogP contribution in [0.2, 0.25) is 0 Å². The molecule has 0 aliphatic heterocycles. The molecular weight excluding hydrogens is 568 g/mol. The molecule has 40 heavy (non-hydrogen) atoms. The van der Waals surface area contributed by atoms with Crippen molar-refractivity contribution in [1.82, 2.24) is 15.0 Å². The summed E-state index contributed by atoms with van der Waals surface area (Å²) in [5, 5.41) is 5.62. The topological polar surface area (TPSA) is 119 Å². The van der Waals surface area contributed by atoms with Crippen LogP contribution in [0.4, 0.5) is 36.4 Å². The molecule has 10 nitrogen and oxygen atoms in total. The molecule has 15 heteroatoms. The lowest BCUT2D eigenvalue weighted by Crippen LogP contribution is -2.22. The summed E-state index contributed by atoms with van der Waals surface area (Å²) in [5.41, 5.74) is 0.175. The fourth-order valence-corrected chi connectivity index (χ4v) is 5.90. The Labute approximate surface area is 233 Å². The van der Waals surface area contributed by atoms with Crippen molar-refractivity contribution in [3.05, 3.63) is 65.5 Å². The van der Waals surface area contributed by atoms with E-state index in [1.165, 1.54) is 16.8 Å². The summed E-state index contributed by atoms with van der Waals surface area (Å²) in [6, 6.07) is 10.1. The number of aromatic nitrogens is 3. The molecule has 2 N–H and O–H groups in total. The lowest BCUT2D eigenvalue weighted by Gasteiger charge is -2.23. The number of halogens is 3. The molecular formula is C25H32F3N6O4PS. The molecule has 0 aliphatic rings. The number of hydrogen-bond acceptors (Lipinski definition) is 9. The maximum absolute atomic E-state index is 13.7. The highest BCUT2D eigenvalue weighted by atomic mass is 32.2. The number of benzene rings is 1. The van der Waals surface area contributed by atoms with Gasteiger partial charge in [0.1, 0.15) is 28.2 Å². The molecule has 0 saturated carbocycles. The Morgan fingerprint density at radius 1 is 1.10 bits per heavy atom. The zero-order chi connectivity index (χ0) is 29.5. The Balaban J connectivity index is 1.83. The van der Waals surface area contributed by atoms with E-state index in [1.54, 1.807) is 64.2 Å². The van der Waals surface area contributed by atoms with E-state index in [2.05, 4.69) is 25.6 Å². The number of rotatable bonds is 13. The van der Waals surface area contributed by atoms with Gasteiger partial charge in [-0.2, -0.15) is 18.2 Å². The molecule has 0 spiro atoms. The first-order valence-corrected chi connectivity index (χ1v) is 15.5. The molecule has 2 aromatic heterocycles. The number of nitrogens with one attached hydrogen (secondary N) is 2. The zero-order valence-electron chi connectivity index (χ0n) is 22.7. The van der Waals surface area contributed by atoms with Crippen LogP contribution in [-0.2, 0) is 37.3 Å². The predicted octanol–water partition coefficient (Wildman–Crippen LogP) is 6.30. The van der Waals surface area contributed by atoms with E-state index in [4.69, 9.17) is 9.05 Å². The first-order chi connectivity index (χ1) is 18.9. The third kappa shape index (κ3) is 7.78. The van der Waals surface area contributed by atoms with Gasteiger partial charge in [0.2, 0.25) is 5.95 Å². The maximum atomic E-state index is 13.7. The number of pyridine rings is 1. The van der Waals surface area contributed by atoms with Crippen molar-refractivity contribution in [1.29, 1.82) is 0 Å². The first-order valence-electron chi connectivity index (χ1n) is 12.3. The summed E-state index contributed by atoms with van der Waals surface area (Å²) in [6.45, 7) is 5.63. The molecule has 0 radical (unpaired) electrons. The van der Waals surface area contributed by atoms with Gasteiger partial charge in [-0.15, -0.1) is 0 Å². The predicted molar refractivity (Wildman–Crippen MR) is 150 cm³/mol. The van der Waals surface area contributed by atoms with E-state index in [9.17, 15) is 21.9 Å². The summed E-state index contributed by atoms with van der Waals surface area (Å²) in [5.74, 6) is -0.132. The molecule has 1 aromatic carbocycles. The van der Waals surface area contributed by atoms with Crippen molar-refractivity contribution in [2.75, 3.05) is 41.5 Å². The van der Waals surface area contributed by atoms with Crippen molar-refractivity contribution in [2.45, 2.75) is 39.2 Å². The number of hydrogen-bond donors (Lipinski definition) is 2. The molecule has 0 bridgehead atoms. The van der Waals surface area contributed by atoms with Gasteiger partial charge in [0, 0.05) is 43.5 Å². The van der Waals surface area contributed by atoms with Gasteiger partial charge in [0.05, 0.1) is 18.9 Å². The minimum atomic E-state index is -4.70. The van der Waals surface area contributed by atoms with Crippen LogP contribution in [0.1, 0.15) is 43.1 Å². The summed E-state index contributed by atoms with van der Waals surface area (Å²) in [6.07, 6.45) is -1.02. The highest BCUT2D eigenvalue weighted by molar-refractivity contribution is 7.85. The van der Waals surface area contributed by atoms with Crippen LogP contribution < -0.4 is 14.9 Å². The fraction of sp³-hybridized carbons (Fsp3) is 0.400. The molecule has 2 atom stereocenters. The van der Waals surface area contributed by atoms with Gasteiger partial charge < -0.3 is 19.7 Å². The average Bonchev–Trinajstić information content (AvgIpc) is 2.91. The minimum absolute atomic E-state index is 0.0590. The van der Waals surface area contributed by atoms with Crippen molar-refractivity contribution in [3.8, 4) is 0 Å². The summed E-state index contributed by atoms with van der Waals surface area (Å²) in [7, 11) is -3.18. The SMILES string of the molecule is CCOP(=O)(OCC)C(C)c1ccc(Nc2ncc(C(F)(F)F)c(NCc3cccnc3N(C)S(C)=O)n2)cc1. The second-order valence-electron chi connectivity index (χ2n) is 8.51. The van der Waals surface area contributed by atoms with Crippen molar-refractivity contribution in [2.24, 2.45) is 0 Å². The molecule has 2 unspecified atom stereocenters. The average molecular weight is 601 g/mol. The van der Waals surface area contributed by atoms with Gasteiger partial charge in [0.25, 0.3) is 0 Å². The monoisotopic (exact) mass is 600 g/mol. The van der Waals surface area contributed by atoms with E-state index >= 15 is 0 Å². The van der Waals surface area contributed by atoms with Crippen LogP contribution in [0.5, 0.6) is 0 Å². The molecule has 3 rings (SSSR count). The van der Waals surface area contributed by atoms with Crippen LogP contribution in [-0.4, -0.2) is 45.7 Å². The second kappa shape index (κ2) is 13.5. The Morgan fingerprint density at radius 3 is 2.33 bits per heavy atom. The summed E-state index contributed by atoms with van der Waals surface area (Å²) >= 11 is 0. The highest BCUT2D eigenvalue weighted by Gasteiger charge is 2.36. The van der Waals surface area contributed by atoms with E-state index in [0.717, 1.165) is 0 Å². The van der Waals surface area contributed by atoms with Gasteiger partial charge >= 0.3 is 13.8 Å². The smallest absolute Gasteiger partial charge is 0.365 e. The molecule has 0 saturated heterocycles. The maximum Gasteiger partial charge on any atom is 0.421 e. The van der Waals surface area contributed by atoms with E-state index in [-0.39, 0.29) is 25.7 Å². The zero-order valence-corrected chi connectivity index (χ0v) is 24.4. The van der Waals surface area contributed by atoms with Gasteiger partial charge in [-0.3, -0.25) is 8.87 Å². The van der Waals surface area contributed by atoms with Crippen LogP contribution in [0.25, 0.3) is 0 Å². The number of anilines is 4. The molecule has 218 valence electrons. The van der Waals surface area contributed by atoms with Crippen LogP contribution in [0.15, 0.2) is 48.8 Å². The van der Waals surface area contributed by atoms with Crippen LogP contribution in [0, 0.1) is 0 Å². The van der Waals surface area contributed by atoms with Gasteiger partial charge in [-0.05, 0) is 44.5 Å². The second-order valence-corrected chi connectivity index (χ2v) is 12.3. The fourth-order valence-electron chi connectivity index (χ4n) is 3.71.